The molecule has 0 aliphatic heterocycles. The number of phenols is 1. The van der Waals surface area contributed by atoms with Gasteiger partial charge in [-0.25, -0.2) is 10.4 Å². The molecular formula is C22H24N4O4S. The third-order valence-electron chi connectivity index (χ3n) is 5.28. The minimum absolute atomic E-state index is 0.0374. The van der Waals surface area contributed by atoms with Crippen molar-refractivity contribution in [2.24, 2.45) is 11.0 Å². The van der Waals surface area contributed by atoms with Crippen LogP contribution in [0.25, 0.3) is 10.2 Å². The highest BCUT2D eigenvalue weighted by Gasteiger charge is 2.23. The Hall–Kier alpha value is -3.20. The summed E-state index contributed by atoms with van der Waals surface area (Å²) in [6, 6.07) is 4.77. The van der Waals surface area contributed by atoms with Gasteiger partial charge >= 0.3 is 0 Å². The number of benzene rings is 1. The third-order valence-corrected chi connectivity index (χ3v) is 6.45. The number of phenolic OH excluding ortho intramolecular Hbond substituents is 1. The number of nitrogens with zero attached hydrogens (tertiary/aromatic N) is 3. The lowest BCUT2D eigenvalue weighted by Gasteiger charge is -2.17. The minimum atomic E-state index is -0.430. The van der Waals surface area contributed by atoms with Crippen molar-refractivity contribution in [2.45, 2.75) is 39.7 Å². The molecule has 2 heterocycles. The first-order valence-corrected chi connectivity index (χ1v) is 11.0. The molecule has 1 aromatic carbocycles. The van der Waals surface area contributed by atoms with Crippen LogP contribution in [0.1, 0.15) is 36.3 Å². The average Bonchev–Trinajstić information content (AvgIpc) is 3.11. The first-order valence-electron chi connectivity index (χ1n) is 10.2. The lowest BCUT2D eigenvalue weighted by Crippen LogP contribution is -2.30. The molecule has 3 aromatic rings. The van der Waals surface area contributed by atoms with E-state index in [1.165, 1.54) is 28.1 Å². The number of nitrogens with one attached hydrogen (secondary N) is 1. The molecule has 0 saturated carbocycles. The number of aryl methyl sites for hydroxylation is 1. The van der Waals surface area contributed by atoms with Gasteiger partial charge in [0.2, 0.25) is 0 Å². The standard InChI is InChI=1S/C22H24N4O4S/c1-3-30-17-9-14(5-7-16(17)27)10-24-25-19(28)11-26-12-23-21-20(22(26)29)15-6-4-13(2)8-18(15)31-21/h5,7,9-10,12-13,27H,3-4,6,8,11H2,1-2H3,(H,25,28)/b24-10+/t13-/m0/s1. The number of hydrogen-bond acceptors (Lipinski definition) is 7. The summed E-state index contributed by atoms with van der Waals surface area (Å²) in [7, 11) is 0. The van der Waals surface area contributed by atoms with E-state index in [1.54, 1.807) is 23.5 Å². The molecule has 31 heavy (non-hydrogen) atoms. The summed E-state index contributed by atoms with van der Waals surface area (Å²) in [5, 5.41) is 14.3. The number of hydrazone groups is 1. The number of thiophene rings is 1. The summed E-state index contributed by atoms with van der Waals surface area (Å²) in [4.78, 5) is 31.7. The van der Waals surface area contributed by atoms with Crippen molar-refractivity contribution in [3.63, 3.8) is 0 Å². The topological polar surface area (TPSA) is 106 Å². The summed E-state index contributed by atoms with van der Waals surface area (Å²) >= 11 is 1.59. The Bertz CT molecular complexity index is 1210. The molecule has 2 N–H and O–H groups in total. The van der Waals surface area contributed by atoms with Crippen molar-refractivity contribution in [3.05, 3.63) is 50.9 Å². The Morgan fingerprint density at radius 1 is 1.48 bits per heavy atom. The van der Waals surface area contributed by atoms with Crippen molar-refractivity contribution >= 4 is 33.7 Å². The zero-order valence-corrected chi connectivity index (χ0v) is 18.2. The Morgan fingerprint density at radius 2 is 2.32 bits per heavy atom. The van der Waals surface area contributed by atoms with Crippen molar-refractivity contribution in [1.82, 2.24) is 15.0 Å². The van der Waals surface area contributed by atoms with Crippen LogP contribution in [0, 0.1) is 5.92 Å². The highest BCUT2D eigenvalue weighted by atomic mass is 32.1. The van der Waals surface area contributed by atoms with E-state index in [9.17, 15) is 14.7 Å². The van der Waals surface area contributed by atoms with Gasteiger partial charge in [-0.3, -0.25) is 14.2 Å². The normalized spacial score (nSPS) is 15.9. The predicted octanol–water partition coefficient (Wildman–Crippen LogP) is 2.84. The van der Waals surface area contributed by atoms with Crippen LogP contribution in [0.2, 0.25) is 0 Å². The van der Waals surface area contributed by atoms with Gasteiger partial charge in [0.15, 0.2) is 11.5 Å². The van der Waals surface area contributed by atoms with Gasteiger partial charge < -0.3 is 9.84 Å². The van der Waals surface area contributed by atoms with Crippen LogP contribution in [-0.2, 0) is 24.2 Å². The Kier molecular flexibility index (Phi) is 6.03. The molecule has 0 unspecified atom stereocenters. The highest BCUT2D eigenvalue weighted by Crippen LogP contribution is 2.35. The monoisotopic (exact) mass is 440 g/mol. The lowest BCUT2D eigenvalue weighted by atomic mass is 9.89. The number of ether oxygens (including phenoxy) is 1. The first-order chi connectivity index (χ1) is 15.0. The summed E-state index contributed by atoms with van der Waals surface area (Å²) in [5.41, 5.74) is 3.99. The molecule has 9 heteroatoms. The van der Waals surface area contributed by atoms with Crippen LogP contribution in [0.5, 0.6) is 11.5 Å². The van der Waals surface area contributed by atoms with Crippen molar-refractivity contribution in [2.75, 3.05) is 6.61 Å². The fraction of sp³-hybridized carbons (Fsp3) is 0.364. The molecular weight excluding hydrogens is 416 g/mol. The number of carbonyl (C=O) groups excluding carboxylic acids is 1. The number of fused-ring (bicyclic) bond motifs is 3. The number of aromatic nitrogens is 2. The van der Waals surface area contributed by atoms with Crippen LogP contribution >= 0.6 is 11.3 Å². The number of carbonyl (C=O) groups is 1. The molecule has 0 bridgehead atoms. The van der Waals surface area contributed by atoms with Crippen LogP contribution in [-0.4, -0.2) is 33.4 Å². The number of rotatable bonds is 6. The van der Waals surface area contributed by atoms with Crippen molar-refractivity contribution in [3.8, 4) is 11.5 Å². The maximum absolute atomic E-state index is 13.0. The van der Waals surface area contributed by atoms with Gasteiger partial charge in [0.1, 0.15) is 11.4 Å². The van der Waals surface area contributed by atoms with Gasteiger partial charge in [-0.05, 0) is 61.4 Å². The first kappa shape index (κ1) is 21.0. The molecule has 2 aromatic heterocycles. The van der Waals surface area contributed by atoms with E-state index in [0.717, 1.165) is 29.7 Å². The van der Waals surface area contributed by atoms with Crippen LogP contribution < -0.4 is 15.7 Å². The summed E-state index contributed by atoms with van der Waals surface area (Å²) in [6.07, 6.45) is 5.79. The van der Waals surface area contributed by atoms with E-state index < -0.39 is 5.91 Å². The molecule has 0 spiro atoms. The molecule has 0 radical (unpaired) electrons. The van der Waals surface area contributed by atoms with Crippen molar-refractivity contribution in [1.29, 1.82) is 0 Å². The molecule has 1 aliphatic carbocycles. The van der Waals surface area contributed by atoms with E-state index in [2.05, 4.69) is 22.4 Å². The zero-order valence-electron chi connectivity index (χ0n) is 17.4. The fourth-order valence-corrected chi connectivity index (χ4v) is 5.07. The second-order valence-electron chi connectivity index (χ2n) is 7.66. The average molecular weight is 441 g/mol. The molecule has 0 saturated heterocycles. The molecule has 1 atom stereocenters. The maximum Gasteiger partial charge on any atom is 0.262 e. The van der Waals surface area contributed by atoms with E-state index >= 15 is 0 Å². The van der Waals surface area contributed by atoms with Crippen LogP contribution in [0.3, 0.4) is 0 Å². The van der Waals surface area contributed by atoms with Gasteiger partial charge in [-0.15, -0.1) is 11.3 Å². The fourth-order valence-electron chi connectivity index (χ4n) is 3.73. The second kappa shape index (κ2) is 8.89. The van der Waals surface area contributed by atoms with Gasteiger partial charge in [-0.1, -0.05) is 6.92 Å². The van der Waals surface area contributed by atoms with E-state index in [4.69, 9.17) is 4.74 Å². The quantitative estimate of drug-likeness (QED) is 0.453. The molecule has 1 aliphatic rings. The zero-order chi connectivity index (χ0) is 22.0. The largest absolute Gasteiger partial charge is 0.504 e. The number of hydrogen-bond donors (Lipinski definition) is 2. The summed E-state index contributed by atoms with van der Waals surface area (Å²) in [6.45, 7) is 4.30. The molecule has 0 fully saturated rings. The second-order valence-corrected chi connectivity index (χ2v) is 8.75. The number of aromatic hydroxyl groups is 1. The Balaban J connectivity index is 1.46. The van der Waals surface area contributed by atoms with Crippen molar-refractivity contribution < 1.29 is 14.6 Å². The van der Waals surface area contributed by atoms with Gasteiger partial charge in [0, 0.05) is 4.88 Å². The maximum atomic E-state index is 13.0. The summed E-state index contributed by atoms with van der Waals surface area (Å²) < 4.78 is 6.65. The number of amides is 1. The molecule has 1 amide bonds. The molecule has 162 valence electrons. The van der Waals surface area contributed by atoms with Crippen LogP contribution in [0.4, 0.5) is 0 Å². The Morgan fingerprint density at radius 3 is 3.13 bits per heavy atom. The van der Waals surface area contributed by atoms with Crippen LogP contribution in [0.15, 0.2) is 34.4 Å². The van der Waals surface area contributed by atoms with E-state index in [0.29, 0.717) is 29.2 Å². The third kappa shape index (κ3) is 4.46. The van der Waals surface area contributed by atoms with E-state index in [1.807, 2.05) is 6.92 Å². The minimum Gasteiger partial charge on any atom is -0.504 e. The highest BCUT2D eigenvalue weighted by molar-refractivity contribution is 7.18. The van der Waals surface area contributed by atoms with E-state index in [-0.39, 0.29) is 17.9 Å². The lowest BCUT2D eigenvalue weighted by molar-refractivity contribution is -0.121. The smallest absolute Gasteiger partial charge is 0.262 e. The molecule has 4 rings (SSSR count). The predicted molar refractivity (Wildman–Crippen MR) is 120 cm³/mol. The summed E-state index contributed by atoms with van der Waals surface area (Å²) in [5.74, 6) is 0.568. The SMILES string of the molecule is CCOc1cc(/C=N/NC(=O)Cn2cnc3sc4c(c3c2=O)CC[C@H](C)C4)ccc1O. The Labute approximate surface area is 183 Å². The van der Waals surface area contributed by atoms with Gasteiger partial charge in [0.25, 0.3) is 11.5 Å². The molecule has 8 nitrogen and oxygen atoms in total. The van der Waals surface area contributed by atoms with Gasteiger partial charge in [-0.2, -0.15) is 5.10 Å². The van der Waals surface area contributed by atoms with Gasteiger partial charge in [0.05, 0.1) is 24.5 Å².